The lowest BCUT2D eigenvalue weighted by molar-refractivity contribution is -0.261. The van der Waals surface area contributed by atoms with Gasteiger partial charge in [-0.2, -0.15) is 18.3 Å². The molecule has 1 aromatic heterocycles. The number of H-pyrrole nitrogens is 1. The zero-order valence-electron chi connectivity index (χ0n) is 16.5. The van der Waals surface area contributed by atoms with Crippen LogP contribution in [0.2, 0.25) is 0 Å². The first-order valence-corrected chi connectivity index (χ1v) is 9.36. The number of halogens is 4. The summed E-state index contributed by atoms with van der Waals surface area (Å²) in [6.45, 7) is 0.648. The van der Waals surface area contributed by atoms with Gasteiger partial charge < -0.3 is 10.1 Å². The number of hydrogen-bond donors (Lipinski definition) is 3. The Balaban J connectivity index is 1.76. The standard InChI is InChI=1S/C21H16F4N4O3/c1-11-9-27-29-17(11)13-4-7-16-15(8-13)20(21(23,24)25,32-19(31)28-16)10-26-18(30)12-2-5-14(22)6-3-12/h2-9H,10H2,1H3,(H,26,30)(H,27,29)(H,28,31). The maximum absolute atomic E-state index is 14.4. The van der Waals surface area contributed by atoms with Crippen molar-refractivity contribution in [3.63, 3.8) is 0 Å². The Labute approximate surface area is 178 Å². The van der Waals surface area contributed by atoms with Crippen LogP contribution in [0.4, 0.5) is 28.0 Å². The van der Waals surface area contributed by atoms with Gasteiger partial charge in [0, 0.05) is 16.7 Å². The lowest BCUT2D eigenvalue weighted by Crippen LogP contribution is -2.56. The van der Waals surface area contributed by atoms with Gasteiger partial charge in [-0.3, -0.25) is 15.2 Å². The number of amides is 2. The highest BCUT2D eigenvalue weighted by molar-refractivity contribution is 5.94. The molecule has 0 aliphatic carbocycles. The number of benzene rings is 2. The van der Waals surface area contributed by atoms with E-state index in [2.05, 4.69) is 20.8 Å². The fourth-order valence-corrected chi connectivity index (χ4v) is 3.48. The van der Waals surface area contributed by atoms with Crippen LogP contribution in [0.5, 0.6) is 0 Å². The molecule has 166 valence electrons. The number of aryl methyl sites for hydroxylation is 1. The number of hydrogen-bond acceptors (Lipinski definition) is 4. The van der Waals surface area contributed by atoms with Crippen LogP contribution in [-0.2, 0) is 10.3 Å². The lowest BCUT2D eigenvalue weighted by Gasteiger charge is -2.39. The Bertz CT molecular complexity index is 1190. The summed E-state index contributed by atoms with van der Waals surface area (Å²) in [4.78, 5) is 24.4. The number of anilines is 1. The summed E-state index contributed by atoms with van der Waals surface area (Å²) in [6, 6.07) is 8.36. The van der Waals surface area contributed by atoms with E-state index in [1.165, 1.54) is 24.4 Å². The van der Waals surface area contributed by atoms with Gasteiger partial charge in [0.25, 0.3) is 11.5 Å². The van der Waals surface area contributed by atoms with Gasteiger partial charge in [0.05, 0.1) is 24.1 Å². The number of fused-ring (bicyclic) bond motifs is 1. The van der Waals surface area contributed by atoms with Crippen molar-refractivity contribution in [1.29, 1.82) is 0 Å². The highest BCUT2D eigenvalue weighted by Gasteiger charge is 2.62. The molecule has 32 heavy (non-hydrogen) atoms. The fourth-order valence-electron chi connectivity index (χ4n) is 3.48. The van der Waals surface area contributed by atoms with Gasteiger partial charge in [-0.05, 0) is 48.9 Å². The number of nitrogens with zero attached hydrogens (tertiary/aromatic N) is 1. The first kappa shape index (κ1) is 21.3. The molecule has 7 nitrogen and oxygen atoms in total. The molecule has 4 rings (SSSR count). The molecule has 2 aromatic carbocycles. The third-order valence-corrected chi connectivity index (χ3v) is 5.14. The SMILES string of the molecule is Cc1cn[nH]c1-c1ccc2c(c1)C(CNC(=O)c1ccc(F)cc1)(C(F)(F)F)OC(=O)N2. The van der Waals surface area contributed by atoms with E-state index < -0.39 is 36.1 Å². The molecule has 1 aliphatic rings. The zero-order valence-corrected chi connectivity index (χ0v) is 16.5. The van der Waals surface area contributed by atoms with Crippen molar-refractivity contribution in [3.05, 3.63) is 71.2 Å². The van der Waals surface area contributed by atoms with E-state index in [0.29, 0.717) is 16.8 Å². The topological polar surface area (TPSA) is 96.1 Å². The Morgan fingerprint density at radius 2 is 1.91 bits per heavy atom. The Morgan fingerprint density at radius 1 is 1.19 bits per heavy atom. The minimum Gasteiger partial charge on any atom is -0.426 e. The van der Waals surface area contributed by atoms with Crippen molar-refractivity contribution < 1.29 is 31.9 Å². The van der Waals surface area contributed by atoms with Gasteiger partial charge >= 0.3 is 12.3 Å². The summed E-state index contributed by atoms with van der Waals surface area (Å²) in [5.41, 5.74) is -2.09. The molecule has 1 aliphatic heterocycles. The summed E-state index contributed by atoms with van der Waals surface area (Å²) < 4.78 is 61.0. The van der Waals surface area contributed by atoms with Crippen LogP contribution in [0, 0.1) is 12.7 Å². The number of nitrogens with one attached hydrogen (secondary N) is 3. The average Bonchev–Trinajstić information content (AvgIpc) is 3.17. The predicted octanol–water partition coefficient (Wildman–Crippen LogP) is 4.27. The zero-order chi connectivity index (χ0) is 23.1. The van der Waals surface area contributed by atoms with E-state index in [0.717, 1.165) is 24.3 Å². The quantitative estimate of drug-likeness (QED) is 0.520. The molecule has 0 saturated carbocycles. The van der Waals surface area contributed by atoms with E-state index >= 15 is 0 Å². The van der Waals surface area contributed by atoms with Crippen LogP contribution >= 0.6 is 0 Å². The number of carbonyl (C=O) groups excluding carboxylic acids is 2. The summed E-state index contributed by atoms with van der Waals surface area (Å²) in [5.74, 6) is -1.48. The molecule has 2 heterocycles. The van der Waals surface area contributed by atoms with Crippen molar-refractivity contribution in [2.24, 2.45) is 0 Å². The molecule has 11 heteroatoms. The van der Waals surface area contributed by atoms with E-state index in [1.807, 2.05) is 0 Å². The second-order valence-corrected chi connectivity index (χ2v) is 7.22. The summed E-state index contributed by atoms with van der Waals surface area (Å²) in [5, 5.41) is 11.0. The lowest BCUT2D eigenvalue weighted by atomic mass is 9.87. The van der Waals surface area contributed by atoms with Gasteiger partial charge in [0.1, 0.15) is 5.82 Å². The second kappa shape index (κ2) is 7.66. The number of aromatic nitrogens is 2. The van der Waals surface area contributed by atoms with Crippen LogP contribution in [0.15, 0.2) is 48.7 Å². The Kier molecular flexibility index (Phi) is 5.11. The van der Waals surface area contributed by atoms with Crippen molar-refractivity contribution in [2.45, 2.75) is 18.7 Å². The van der Waals surface area contributed by atoms with Crippen molar-refractivity contribution >= 4 is 17.7 Å². The number of aromatic amines is 1. The van der Waals surface area contributed by atoms with E-state index in [4.69, 9.17) is 4.74 Å². The number of alkyl halides is 3. The third kappa shape index (κ3) is 3.66. The number of cyclic esters (lactones) is 1. The molecule has 0 bridgehead atoms. The van der Waals surface area contributed by atoms with Gasteiger partial charge in [0.15, 0.2) is 0 Å². The Hall–Kier alpha value is -3.89. The van der Waals surface area contributed by atoms with Gasteiger partial charge in [-0.1, -0.05) is 6.07 Å². The molecule has 3 N–H and O–H groups in total. The molecule has 0 fully saturated rings. The first-order chi connectivity index (χ1) is 15.1. The normalized spacial score (nSPS) is 17.8. The predicted molar refractivity (Wildman–Crippen MR) is 105 cm³/mol. The highest BCUT2D eigenvalue weighted by atomic mass is 19.4. The van der Waals surface area contributed by atoms with E-state index in [1.54, 1.807) is 6.92 Å². The number of ether oxygens (including phenoxy) is 1. The first-order valence-electron chi connectivity index (χ1n) is 9.36. The van der Waals surface area contributed by atoms with Crippen molar-refractivity contribution in [2.75, 3.05) is 11.9 Å². The van der Waals surface area contributed by atoms with Crippen LogP contribution in [0.3, 0.4) is 0 Å². The van der Waals surface area contributed by atoms with Crippen molar-refractivity contribution in [3.8, 4) is 11.3 Å². The van der Waals surface area contributed by atoms with Crippen LogP contribution < -0.4 is 10.6 Å². The second-order valence-electron chi connectivity index (χ2n) is 7.22. The molecule has 0 spiro atoms. The van der Waals surface area contributed by atoms with Gasteiger partial charge in [0.2, 0.25) is 0 Å². The maximum Gasteiger partial charge on any atom is 0.434 e. The smallest absolute Gasteiger partial charge is 0.426 e. The molecule has 3 aromatic rings. The van der Waals surface area contributed by atoms with Crippen molar-refractivity contribution in [1.82, 2.24) is 15.5 Å². The number of rotatable bonds is 4. The molecule has 1 unspecified atom stereocenters. The maximum atomic E-state index is 14.4. The molecular formula is C21H16F4N4O3. The Morgan fingerprint density at radius 3 is 2.53 bits per heavy atom. The molecule has 2 amide bonds. The summed E-state index contributed by atoms with van der Waals surface area (Å²) in [7, 11) is 0. The van der Waals surface area contributed by atoms with E-state index in [9.17, 15) is 27.2 Å². The van der Waals surface area contributed by atoms with Gasteiger partial charge in [-0.15, -0.1) is 0 Å². The monoisotopic (exact) mass is 448 g/mol. The van der Waals surface area contributed by atoms with Crippen LogP contribution in [0.25, 0.3) is 11.3 Å². The number of carbonyl (C=O) groups is 2. The van der Waals surface area contributed by atoms with Gasteiger partial charge in [-0.25, -0.2) is 9.18 Å². The summed E-state index contributed by atoms with van der Waals surface area (Å²) in [6.07, 6.45) is -4.86. The minimum atomic E-state index is -5.07. The molecule has 0 radical (unpaired) electrons. The van der Waals surface area contributed by atoms with Crippen LogP contribution in [0.1, 0.15) is 21.5 Å². The average molecular weight is 448 g/mol. The minimum absolute atomic E-state index is 0.0500. The molecule has 0 saturated heterocycles. The fraction of sp³-hybridized carbons (Fsp3) is 0.190. The largest absolute Gasteiger partial charge is 0.434 e. The van der Waals surface area contributed by atoms with Crippen LogP contribution in [-0.4, -0.2) is 34.9 Å². The third-order valence-electron chi connectivity index (χ3n) is 5.14. The molecular weight excluding hydrogens is 432 g/mol. The molecule has 1 atom stereocenters. The summed E-state index contributed by atoms with van der Waals surface area (Å²) >= 11 is 0. The highest BCUT2D eigenvalue weighted by Crippen LogP contribution is 2.48. The van der Waals surface area contributed by atoms with E-state index in [-0.39, 0.29) is 16.8 Å².